The van der Waals surface area contributed by atoms with Crippen molar-refractivity contribution in [3.63, 3.8) is 0 Å². The zero-order chi connectivity index (χ0) is 18.2. The van der Waals surface area contributed by atoms with Crippen molar-refractivity contribution in [3.8, 4) is 5.75 Å². The third-order valence-corrected chi connectivity index (χ3v) is 3.63. The summed E-state index contributed by atoms with van der Waals surface area (Å²) < 4.78 is 0. The molecule has 0 heterocycles. The number of aromatic hydroxyl groups is 1. The monoisotopic (exact) mass is 344 g/mol. The molecule has 0 saturated heterocycles. The molecule has 0 spiro atoms. The van der Waals surface area contributed by atoms with Gasteiger partial charge >= 0.3 is 6.03 Å². The molecule has 0 fully saturated rings. The molecule has 3 amide bonds. The van der Waals surface area contributed by atoms with E-state index in [1.54, 1.807) is 42.5 Å². The average Bonchev–Trinajstić information content (AvgIpc) is 2.63. The lowest BCUT2D eigenvalue weighted by atomic mass is 10.0. The van der Waals surface area contributed by atoms with E-state index >= 15 is 0 Å². The molecule has 0 aliphatic carbocycles. The minimum Gasteiger partial charge on any atom is -0.507 e. The van der Waals surface area contributed by atoms with Crippen molar-refractivity contribution in [2.75, 3.05) is 6.54 Å². The maximum atomic E-state index is 11.8. The number of imide groups is 1. The van der Waals surface area contributed by atoms with Gasteiger partial charge in [0.05, 0.1) is 13.2 Å². The first-order chi connectivity index (χ1) is 12.0. The zero-order valence-corrected chi connectivity index (χ0v) is 13.5. The molecule has 0 atom stereocenters. The molecule has 2 aromatic carbocycles. The molecular weight excluding hydrogens is 324 g/mol. The number of carbonyl (C=O) groups excluding carboxylic acids is 2. The van der Waals surface area contributed by atoms with Crippen molar-refractivity contribution < 1.29 is 24.9 Å². The summed E-state index contributed by atoms with van der Waals surface area (Å²) in [5, 5.41) is 33.0. The van der Waals surface area contributed by atoms with Gasteiger partial charge in [-0.2, -0.15) is 0 Å². The first kappa shape index (κ1) is 18.4. The zero-order valence-electron chi connectivity index (χ0n) is 13.5. The summed E-state index contributed by atoms with van der Waals surface area (Å²) in [5.74, 6) is -0.624. The summed E-state index contributed by atoms with van der Waals surface area (Å²) in [6.07, 6.45) is 0.410. The van der Waals surface area contributed by atoms with Gasteiger partial charge in [-0.3, -0.25) is 10.1 Å². The van der Waals surface area contributed by atoms with E-state index in [9.17, 15) is 24.9 Å². The number of hydrogen-bond donors (Lipinski definition) is 5. The van der Waals surface area contributed by atoms with Gasteiger partial charge in [-0.15, -0.1) is 0 Å². The van der Waals surface area contributed by atoms with Crippen LogP contribution in [0.1, 0.15) is 27.0 Å². The molecule has 7 heteroatoms. The lowest BCUT2D eigenvalue weighted by Gasteiger charge is -2.11. The highest BCUT2D eigenvalue weighted by molar-refractivity contribution is 6.04. The number of benzene rings is 2. The molecule has 2 rings (SSSR count). The van der Waals surface area contributed by atoms with Gasteiger partial charge in [0.2, 0.25) is 0 Å². The summed E-state index contributed by atoms with van der Waals surface area (Å²) in [4.78, 5) is 23.6. The Morgan fingerprint density at radius 3 is 2.12 bits per heavy atom. The van der Waals surface area contributed by atoms with Crippen molar-refractivity contribution in [2.24, 2.45) is 0 Å². The van der Waals surface area contributed by atoms with Crippen LogP contribution in [0.25, 0.3) is 0 Å². The average molecular weight is 344 g/mol. The predicted molar refractivity (Wildman–Crippen MR) is 91.0 cm³/mol. The van der Waals surface area contributed by atoms with Crippen molar-refractivity contribution in [2.45, 2.75) is 19.6 Å². The van der Waals surface area contributed by atoms with Gasteiger partial charge in [-0.1, -0.05) is 18.2 Å². The molecule has 0 radical (unpaired) electrons. The fourth-order valence-corrected chi connectivity index (χ4v) is 2.35. The van der Waals surface area contributed by atoms with E-state index < -0.39 is 11.9 Å². The normalized spacial score (nSPS) is 10.3. The fraction of sp³-hybridized carbons (Fsp3) is 0.222. The Balaban J connectivity index is 1.88. The Morgan fingerprint density at radius 1 is 0.960 bits per heavy atom. The van der Waals surface area contributed by atoms with Crippen LogP contribution >= 0.6 is 0 Å². The second kappa shape index (κ2) is 8.81. The van der Waals surface area contributed by atoms with Crippen molar-refractivity contribution in [1.82, 2.24) is 10.6 Å². The van der Waals surface area contributed by atoms with Crippen LogP contribution in [0.4, 0.5) is 4.79 Å². The van der Waals surface area contributed by atoms with Gasteiger partial charge in [-0.25, -0.2) is 4.79 Å². The molecule has 0 aliphatic heterocycles. The predicted octanol–water partition coefficient (Wildman–Crippen LogP) is 1.06. The number of phenols is 1. The Bertz CT molecular complexity index is 721. The second-order valence-electron chi connectivity index (χ2n) is 5.40. The Labute approximate surface area is 144 Å². The fourth-order valence-electron chi connectivity index (χ4n) is 2.35. The van der Waals surface area contributed by atoms with E-state index in [1.807, 2.05) is 0 Å². The van der Waals surface area contributed by atoms with Crippen LogP contribution in [0, 0.1) is 0 Å². The van der Waals surface area contributed by atoms with Crippen molar-refractivity contribution >= 4 is 11.9 Å². The van der Waals surface area contributed by atoms with Crippen molar-refractivity contribution in [1.29, 1.82) is 0 Å². The summed E-state index contributed by atoms with van der Waals surface area (Å²) in [6, 6.07) is 11.0. The van der Waals surface area contributed by atoms with E-state index in [0.29, 0.717) is 23.1 Å². The molecule has 2 aromatic rings. The molecule has 0 saturated carbocycles. The van der Waals surface area contributed by atoms with E-state index in [0.717, 1.165) is 5.56 Å². The van der Waals surface area contributed by atoms with Crippen LogP contribution in [0.5, 0.6) is 5.75 Å². The minimum atomic E-state index is -0.614. The highest BCUT2D eigenvalue weighted by Gasteiger charge is 2.11. The largest absolute Gasteiger partial charge is 0.507 e. The number of nitrogens with one attached hydrogen (secondary N) is 2. The molecule has 132 valence electrons. The molecule has 0 bridgehead atoms. The Morgan fingerprint density at radius 2 is 1.56 bits per heavy atom. The second-order valence-corrected chi connectivity index (χ2v) is 5.40. The van der Waals surface area contributed by atoms with Gasteiger partial charge in [0.15, 0.2) is 0 Å². The maximum Gasteiger partial charge on any atom is 0.321 e. The Hall–Kier alpha value is -2.90. The van der Waals surface area contributed by atoms with Crippen LogP contribution < -0.4 is 10.6 Å². The number of hydrogen-bond acceptors (Lipinski definition) is 5. The summed E-state index contributed by atoms with van der Waals surface area (Å²) in [5.41, 5.74) is 1.74. The Kier molecular flexibility index (Phi) is 6.50. The topological polar surface area (TPSA) is 119 Å². The van der Waals surface area contributed by atoms with Crippen molar-refractivity contribution in [3.05, 3.63) is 64.7 Å². The molecule has 0 aliphatic rings. The molecule has 7 nitrogen and oxygen atoms in total. The minimum absolute atomic E-state index is 0.132. The lowest BCUT2D eigenvalue weighted by Crippen LogP contribution is -2.40. The number of aliphatic hydroxyl groups is 2. The summed E-state index contributed by atoms with van der Waals surface area (Å²) in [6.45, 7) is -0.466. The smallest absolute Gasteiger partial charge is 0.321 e. The van der Waals surface area contributed by atoms with Crippen LogP contribution in [-0.2, 0) is 19.6 Å². The standard InChI is InChI=1S/C18H20N2O5/c21-10-14-8-12(9-15(11-22)16(14)23)6-7-19-18(25)20-17(24)13-4-2-1-3-5-13/h1-5,8-9,21-23H,6-7,10-11H2,(H2,19,20,24,25). The molecule has 0 unspecified atom stereocenters. The molecule has 0 aromatic heterocycles. The van der Waals surface area contributed by atoms with E-state index in [4.69, 9.17) is 0 Å². The third-order valence-electron chi connectivity index (χ3n) is 3.63. The van der Waals surface area contributed by atoms with Gasteiger partial charge in [0.1, 0.15) is 5.75 Å². The quantitative estimate of drug-likeness (QED) is 0.537. The molecule has 25 heavy (non-hydrogen) atoms. The van der Waals surface area contributed by atoms with E-state index in [1.165, 1.54) is 0 Å². The summed E-state index contributed by atoms with van der Waals surface area (Å²) in [7, 11) is 0. The molecule has 5 N–H and O–H groups in total. The van der Waals surface area contributed by atoms with Gasteiger partial charge < -0.3 is 20.6 Å². The third kappa shape index (κ3) is 5.03. The van der Waals surface area contributed by atoms with Gasteiger partial charge in [0, 0.05) is 23.2 Å². The van der Waals surface area contributed by atoms with Gasteiger partial charge in [-0.05, 0) is 36.2 Å². The van der Waals surface area contributed by atoms with E-state index in [-0.39, 0.29) is 25.5 Å². The lowest BCUT2D eigenvalue weighted by molar-refractivity contribution is 0.0964. The first-order valence-electron chi connectivity index (χ1n) is 7.74. The van der Waals surface area contributed by atoms with Crippen LogP contribution in [-0.4, -0.2) is 33.8 Å². The van der Waals surface area contributed by atoms with Crippen LogP contribution in [0.2, 0.25) is 0 Å². The number of rotatable bonds is 6. The number of urea groups is 1. The van der Waals surface area contributed by atoms with Crippen LogP contribution in [0.15, 0.2) is 42.5 Å². The highest BCUT2D eigenvalue weighted by Crippen LogP contribution is 2.25. The molecular formula is C18H20N2O5. The summed E-state index contributed by atoms with van der Waals surface area (Å²) >= 11 is 0. The highest BCUT2D eigenvalue weighted by atomic mass is 16.3. The number of amides is 3. The maximum absolute atomic E-state index is 11.8. The van der Waals surface area contributed by atoms with Gasteiger partial charge in [0.25, 0.3) is 5.91 Å². The van der Waals surface area contributed by atoms with E-state index in [2.05, 4.69) is 10.6 Å². The SMILES string of the molecule is O=C(NCCc1cc(CO)c(O)c(CO)c1)NC(=O)c1ccccc1. The number of carbonyl (C=O) groups is 2. The first-order valence-corrected chi connectivity index (χ1v) is 7.74. The van der Waals surface area contributed by atoms with Crippen LogP contribution in [0.3, 0.4) is 0 Å². The number of aliphatic hydroxyl groups excluding tert-OH is 2.